The van der Waals surface area contributed by atoms with Crippen molar-refractivity contribution >= 4 is 11.6 Å². The van der Waals surface area contributed by atoms with Crippen molar-refractivity contribution in [1.82, 2.24) is 4.90 Å². The predicted octanol–water partition coefficient (Wildman–Crippen LogP) is 2.97. The largest absolute Gasteiger partial charge is 0.350 e. The lowest BCUT2D eigenvalue weighted by molar-refractivity contribution is -0.0972. The fraction of sp³-hybridized carbons (Fsp3) is 0.625. The molecule has 20 heavy (non-hydrogen) atoms. The maximum absolute atomic E-state index is 6.20. The monoisotopic (exact) mass is 295 g/mol. The maximum Gasteiger partial charge on any atom is 0.160 e. The highest BCUT2D eigenvalue weighted by Crippen LogP contribution is 2.26. The number of ether oxygens (including phenoxy) is 2. The minimum absolute atomic E-state index is 0.0562. The molecule has 0 saturated carbocycles. The van der Waals surface area contributed by atoms with Crippen LogP contribution in [0.2, 0.25) is 5.02 Å². The van der Waals surface area contributed by atoms with E-state index in [9.17, 15) is 0 Å². The van der Waals surface area contributed by atoms with Crippen molar-refractivity contribution in [3.8, 4) is 0 Å². The highest BCUT2D eigenvalue weighted by molar-refractivity contribution is 6.31. The second-order valence-corrected chi connectivity index (χ2v) is 6.04. The minimum atomic E-state index is 0.0562. The Hall–Kier alpha value is -0.610. The molecule has 110 valence electrons. The number of halogens is 1. The fourth-order valence-electron chi connectivity index (χ4n) is 3.08. The van der Waals surface area contributed by atoms with Gasteiger partial charge in [-0.1, -0.05) is 29.8 Å². The zero-order valence-electron chi connectivity index (χ0n) is 11.8. The molecule has 0 bridgehead atoms. The molecule has 0 atom stereocenters. The van der Waals surface area contributed by atoms with Crippen molar-refractivity contribution in [1.29, 1.82) is 0 Å². The van der Waals surface area contributed by atoms with Gasteiger partial charge in [0, 0.05) is 17.5 Å². The molecule has 4 heteroatoms. The summed E-state index contributed by atoms with van der Waals surface area (Å²) in [6, 6.07) is 8.13. The predicted molar refractivity (Wildman–Crippen MR) is 80.0 cm³/mol. The number of nitrogens with zero attached hydrogens (tertiary/aromatic N) is 1. The summed E-state index contributed by atoms with van der Waals surface area (Å²) in [6.45, 7) is 4.88. The van der Waals surface area contributed by atoms with Gasteiger partial charge in [-0.15, -0.1) is 0 Å². The Morgan fingerprint density at radius 1 is 1.10 bits per heavy atom. The lowest BCUT2D eigenvalue weighted by Crippen LogP contribution is -2.39. The van der Waals surface area contributed by atoms with Crippen molar-refractivity contribution in [2.45, 2.75) is 25.6 Å². The minimum Gasteiger partial charge on any atom is -0.350 e. The van der Waals surface area contributed by atoms with Crippen molar-refractivity contribution in [3.05, 3.63) is 34.9 Å². The summed E-state index contributed by atoms with van der Waals surface area (Å²) in [5, 5.41) is 0.884. The third-order valence-corrected chi connectivity index (χ3v) is 4.69. The smallest absolute Gasteiger partial charge is 0.160 e. The summed E-state index contributed by atoms with van der Waals surface area (Å²) in [5.41, 5.74) is 1.25. The number of piperidine rings is 1. The number of hydrogen-bond acceptors (Lipinski definition) is 3. The van der Waals surface area contributed by atoms with Gasteiger partial charge in [0.2, 0.25) is 0 Å². The van der Waals surface area contributed by atoms with Gasteiger partial charge in [-0.2, -0.15) is 0 Å². The normalized spacial score (nSPS) is 22.4. The maximum atomic E-state index is 6.20. The van der Waals surface area contributed by atoms with Crippen molar-refractivity contribution in [2.75, 3.05) is 32.8 Å². The van der Waals surface area contributed by atoms with Gasteiger partial charge in [0.05, 0.1) is 13.2 Å². The van der Waals surface area contributed by atoms with Gasteiger partial charge in [0.15, 0.2) is 6.29 Å². The first-order valence-electron chi connectivity index (χ1n) is 7.52. The van der Waals surface area contributed by atoms with Gasteiger partial charge < -0.3 is 14.4 Å². The lowest BCUT2D eigenvalue weighted by atomic mass is 9.96. The number of benzene rings is 1. The van der Waals surface area contributed by atoms with E-state index >= 15 is 0 Å². The highest BCUT2D eigenvalue weighted by Gasteiger charge is 2.30. The number of likely N-dealkylation sites (tertiary alicyclic amines) is 1. The highest BCUT2D eigenvalue weighted by atomic mass is 35.5. The summed E-state index contributed by atoms with van der Waals surface area (Å²) in [6.07, 6.45) is 3.43. The molecule has 2 heterocycles. The van der Waals surface area contributed by atoms with Crippen LogP contribution in [-0.2, 0) is 15.9 Å². The van der Waals surface area contributed by atoms with Gasteiger partial charge in [0.1, 0.15) is 0 Å². The van der Waals surface area contributed by atoms with E-state index in [0.717, 1.165) is 44.3 Å². The third-order valence-electron chi connectivity index (χ3n) is 4.32. The summed E-state index contributed by atoms with van der Waals surface area (Å²) in [7, 11) is 0. The molecule has 2 aliphatic heterocycles. The second-order valence-electron chi connectivity index (χ2n) is 5.63. The molecule has 0 radical (unpaired) electrons. The molecule has 2 saturated heterocycles. The molecule has 0 spiro atoms. The molecular weight excluding hydrogens is 274 g/mol. The van der Waals surface area contributed by atoms with Crippen molar-refractivity contribution in [2.24, 2.45) is 5.92 Å². The fourth-order valence-corrected chi connectivity index (χ4v) is 3.31. The van der Waals surface area contributed by atoms with E-state index < -0.39 is 0 Å². The first-order chi connectivity index (χ1) is 9.83. The summed E-state index contributed by atoms with van der Waals surface area (Å²) < 4.78 is 11.2. The molecule has 0 unspecified atom stereocenters. The van der Waals surface area contributed by atoms with E-state index in [2.05, 4.69) is 17.0 Å². The summed E-state index contributed by atoms with van der Waals surface area (Å²) >= 11 is 6.20. The average Bonchev–Trinajstić information content (AvgIpc) is 3.01. The molecule has 1 aromatic rings. The van der Waals surface area contributed by atoms with E-state index in [4.69, 9.17) is 21.1 Å². The third kappa shape index (κ3) is 3.53. The first-order valence-corrected chi connectivity index (χ1v) is 7.90. The van der Waals surface area contributed by atoms with Crippen LogP contribution < -0.4 is 0 Å². The van der Waals surface area contributed by atoms with Crippen molar-refractivity contribution < 1.29 is 9.47 Å². The molecule has 0 aromatic heterocycles. The van der Waals surface area contributed by atoms with E-state index in [0.29, 0.717) is 5.92 Å². The van der Waals surface area contributed by atoms with Crippen molar-refractivity contribution in [3.63, 3.8) is 0 Å². The summed E-state index contributed by atoms with van der Waals surface area (Å²) in [4.78, 5) is 2.52. The van der Waals surface area contributed by atoms with Crippen LogP contribution >= 0.6 is 11.6 Å². The van der Waals surface area contributed by atoms with Crippen LogP contribution in [-0.4, -0.2) is 44.0 Å². The standard InChI is InChI=1S/C16H22ClNO2/c17-15-4-2-1-3-13(15)5-8-18-9-6-14(7-10-18)16-19-11-12-20-16/h1-4,14,16H,5-12H2. The number of hydrogen-bond donors (Lipinski definition) is 0. The van der Waals surface area contributed by atoms with Crippen LogP contribution in [0.4, 0.5) is 0 Å². The Morgan fingerprint density at radius 2 is 1.80 bits per heavy atom. The van der Waals surface area contributed by atoms with E-state index in [1.807, 2.05) is 12.1 Å². The summed E-state index contributed by atoms with van der Waals surface area (Å²) in [5.74, 6) is 0.578. The lowest BCUT2D eigenvalue weighted by Gasteiger charge is -2.33. The Bertz CT molecular complexity index is 426. The van der Waals surface area contributed by atoms with E-state index in [-0.39, 0.29) is 6.29 Å². The zero-order chi connectivity index (χ0) is 13.8. The Labute approximate surface area is 125 Å². The molecule has 0 amide bonds. The number of rotatable bonds is 4. The molecule has 0 N–H and O–H groups in total. The van der Waals surface area contributed by atoms with Crippen LogP contribution in [0.25, 0.3) is 0 Å². The van der Waals surface area contributed by atoms with E-state index in [1.54, 1.807) is 0 Å². The van der Waals surface area contributed by atoms with Gasteiger partial charge in [0.25, 0.3) is 0 Å². The van der Waals surface area contributed by atoms with Crippen LogP contribution in [0.15, 0.2) is 24.3 Å². The molecule has 2 aliphatic rings. The average molecular weight is 296 g/mol. The second kappa shape index (κ2) is 6.90. The quantitative estimate of drug-likeness (QED) is 0.852. The van der Waals surface area contributed by atoms with Crippen LogP contribution in [0.3, 0.4) is 0 Å². The molecule has 3 nitrogen and oxygen atoms in total. The SMILES string of the molecule is Clc1ccccc1CCN1CCC(C2OCCO2)CC1. The van der Waals surface area contributed by atoms with Gasteiger partial charge >= 0.3 is 0 Å². The zero-order valence-corrected chi connectivity index (χ0v) is 12.5. The first kappa shape index (κ1) is 14.3. The van der Waals surface area contributed by atoms with Gasteiger partial charge in [-0.25, -0.2) is 0 Å². The molecule has 3 rings (SSSR count). The topological polar surface area (TPSA) is 21.7 Å². The molecule has 2 fully saturated rings. The van der Waals surface area contributed by atoms with E-state index in [1.165, 1.54) is 18.4 Å². The molecule has 0 aliphatic carbocycles. The van der Waals surface area contributed by atoms with Crippen LogP contribution in [0.5, 0.6) is 0 Å². The van der Waals surface area contributed by atoms with Gasteiger partial charge in [-0.3, -0.25) is 0 Å². The molecular formula is C16H22ClNO2. The Balaban J connectivity index is 1.43. The Kier molecular flexibility index (Phi) is 4.94. The van der Waals surface area contributed by atoms with Crippen LogP contribution in [0.1, 0.15) is 18.4 Å². The molecule has 1 aromatic carbocycles. The Morgan fingerprint density at radius 3 is 2.50 bits per heavy atom. The van der Waals surface area contributed by atoms with Gasteiger partial charge in [-0.05, 0) is 44.0 Å². The van der Waals surface area contributed by atoms with Crippen LogP contribution in [0, 0.1) is 5.92 Å².